The Morgan fingerprint density at radius 2 is 2.00 bits per heavy atom. The number of hydrogen-bond donors (Lipinski definition) is 2. The summed E-state index contributed by atoms with van der Waals surface area (Å²) in [5.74, 6) is -2.75. The Kier molecular flexibility index (Phi) is 3.90. The first-order chi connectivity index (χ1) is 9.84. The Balaban J connectivity index is 2.38. The smallest absolute Gasteiger partial charge is 0.352 e. The van der Waals surface area contributed by atoms with Gasteiger partial charge in [-0.3, -0.25) is 14.9 Å². The summed E-state index contributed by atoms with van der Waals surface area (Å²) in [6.45, 7) is 3.11. The van der Waals surface area contributed by atoms with Crippen LogP contribution in [0.1, 0.15) is 32.1 Å². The fraction of sp³-hybridized carbons (Fsp3) is 0.231. The molecule has 2 N–H and O–H groups in total. The molecule has 0 spiro atoms. The molecule has 0 unspecified atom stereocenters. The lowest BCUT2D eigenvalue weighted by Crippen LogP contribution is -2.23. The van der Waals surface area contributed by atoms with Crippen molar-refractivity contribution in [3.63, 3.8) is 0 Å². The molecule has 0 saturated carbocycles. The van der Waals surface area contributed by atoms with Gasteiger partial charge in [-0.1, -0.05) is 0 Å². The molecule has 0 atom stereocenters. The molecule has 2 rings (SSSR count). The fourth-order valence-corrected chi connectivity index (χ4v) is 2.69. The lowest BCUT2D eigenvalue weighted by atomic mass is 10.1. The highest BCUT2D eigenvalue weighted by atomic mass is 32.1. The van der Waals surface area contributed by atoms with E-state index in [0.29, 0.717) is 10.8 Å². The number of aromatic carboxylic acids is 1. The Hall–Kier alpha value is -2.48. The number of hydrogen-bond acceptors (Lipinski definition) is 5. The van der Waals surface area contributed by atoms with Crippen LogP contribution in [0.15, 0.2) is 11.6 Å². The number of carbonyl (C=O) groups is 3. The van der Waals surface area contributed by atoms with Gasteiger partial charge in [0.2, 0.25) is 0 Å². The average molecular weight is 307 g/mol. The lowest BCUT2D eigenvalue weighted by molar-refractivity contribution is -0.112. The maximum absolute atomic E-state index is 12.3. The monoisotopic (exact) mass is 307 g/mol. The second kappa shape index (κ2) is 5.49. The summed E-state index contributed by atoms with van der Waals surface area (Å²) in [6.07, 6.45) is 1.51. The molecule has 0 fully saturated rings. The second-order valence-electron chi connectivity index (χ2n) is 4.42. The highest BCUT2D eigenvalue weighted by Gasteiger charge is 2.28. The molecule has 2 aromatic heterocycles. The van der Waals surface area contributed by atoms with E-state index in [1.807, 2.05) is 0 Å². The fourth-order valence-electron chi connectivity index (χ4n) is 2.17. The van der Waals surface area contributed by atoms with Gasteiger partial charge in [0.25, 0.3) is 11.7 Å². The summed E-state index contributed by atoms with van der Waals surface area (Å²) >= 11 is 1.19. The van der Waals surface area contributed by atoms with E-state index in [-0.39, 0.29) is 16.8 Å². The normalized spacial score (nSPS) is 10.4. The van der Waals surface area contributed by atoms with Gasteiger partial charge < -0.3 is 9.67 Å². The number of thiazole rings is 1. The second-order valence-corrected chi connectivity index (χ2v) is 5.31. The molecule has 21 heavy (non-hydrogen) atoms. The Morgan fingerprint density at radius 3 is 2.48 bits per heavy atom. The SMILES string of the molecule is Cc1c(C(=O)C(=O)Nc2nccs2)c(C)n(C)c1C(=O)O. The molecule has 8 heteroatoms. The summed E-state index contributed by atoms with van der Waals surface area (Å²) in [5, 5.41) is 13.6. The number of carbonyl (C=O) groups excluding carboxylic acids is 2. The third-order valence-corrected chi connectivity index (χ3v) is 3.91. The minimum atomic E-state index is -1.14. The van der Waals surface area contributed by atoms with Crippen LogP contribution < -0.4 is 5.32 Å². The standard InChI is InChI=1S/C13H13N3O4S/c1-6-8(7(2)16(3)9(6)12(19)20)10(17)11(18)15-13-14-4-5-21-13/h4-5H,1-3H3,(H,19,20)(H,14,15,18). The number of anilines is 1. The van der Waals surface area contributed by atoms with Crippen molar-refractivity contribution in [1.82, 2.24) is 9.55 Å². The molecule has 0 saturated heterocycles. The molecule has 0 bridgehead atoms. The first kappa shape index (κ1) is 14.9. The van der Waals surface area contributed by atoms with Crippen LogP contribution in [0.2, 0.25) is 0 Å². The summed E-state index contributed by atoms with van der Waals surface area (Å²) < 4.78 is 1.39. The quantitative estimate of drug-likeness (QED) is 0.660. The van der Waals surface area contributed by atoms with Gasteiger partial charge in [-0.05, 0) is 19.4 Å². The topological polar surface area (TPSA) is 101 Å². The highest BCUT2D eigenvalue weighted by Crippen LogP contribution is 2.22. The molecule has 0 aliphatic rings. The van der Waals surface area contributed by atoms with E-state index < -0.39 is 17.7 Å². The zero-order valence-corrected chi connectivity index (χ0v) is 12.4. The van der Waals surface area contributed by atoms with Crippen molar-refractivity contribution < 1.29 is 19.5 Å². The number of carboxylic acids is 1. The van der Waals surface area contributed by atoms with Gasteiger partial charge in [0, 0.05) is 24.3 Å². The Morgan fingerprint density at radius 1 is 1.33 bits per heavy atom. The molecule has 0 aromatic carbocycles. The molecule has 2 heterocycles. The number of amides is 1. The van der Waals surface area contributed by atoms with E-state index in [0.717, 1.165) is 0 Å². The molecule has 2 aromatic rings. The van der Waals surface area contributed by atoms with Crippen molar-refractivity contribution in [2.75, 3.05) is 5.32 Å². The van der Waals surface area contributed by atoms with Crippen molar-refractivity contribution in [3.05, 3.63) is 34.1 Å². The first-order valence-corrected chi connectivity index (χ1v) is 6.87. The van der Waals surface area contributed by atoms with E-state index in [9.17, 15) is 19.5 Å². The number of nitrogens with zero attached hydrogens (tertiary/aromatic N) is 2. The molecular weight excluding hydrogens is 294 g/mol. The molecular formula is C13H13N3O4S. The molecule has 0 aliphatic heterocycles. The predicted molar refractivity (Wildman–Crippen MR) is 76.9 cm³/mol. The highest BCUT2D eigenvalue weighted by molar-refractivity contribution is 7.13. The number of nitrogens with one attached hydrogen (secondary N) is 1. The number of carboxylic acid groups (broad SMARTS) is 1. The van der Waals surface area contributed by atoms with Gasteiger partial charge in [0.1, 0.15) is 5.69 Å². The zero-order chi connectivity index (χ0) is 15.7. The van der Waals surface area contributed by atoms with Crippen molar-refractivity contribution in [1.29, 1.82) is 0 Å². The predicted octanol–water partition coefficient (Wildman–Crippen LogP) is 1.62. The first-order valence-electron chi connectivity index (χ1n) is 5.99. The third kappa shape index (κ3) is 2.57. The molecule has 1 amide bonds. The van der Waals surface area contributed by atoms with Crippen LogP contribution in [0.25, 0.3) is 0 Å². The van der Waals surface area contributed by atoms with Gasteiger partial charge in [0.15, 0.2) is 5.13 Å². The van der Waals surface area contributed by atoms with Crippen molar-refractivity contribution in [3.8, 4) is 0 Å². The van der Waals surface area contributed by atoms with Crippen LogP contribution in [0.3, 0.4) is 0 Å². The minimum Gasteiger partial charge on any atom is -0.477 e. The number of Topliss-reactive ketones (excluding diaryl/α,β-unsaturated/α-hetero) is 1. The van der Waals surface area contributed by atoms with E-state index >= 15 is 0 Å². The van der Waals surface area contributed by atoms with E-state index in [4.69, 9.17) is 0 Å². The van der Waals surface area contributed by atoms with E-state index in [2.05, 4.69) is 10.3 Å². The van der Waals surface area contributed by atoms with Gasteiger partial charge in [0.05, 0.1) is 5.56 Å². The van der Waals surface area contributed by atoms with Crippen LogP contribution in [0.5, 0.6) is 0 Å². The number of rotatable bonds is 4. The zero-order valence-electron chi connectivity index (χ0n) is 11.6. The summed E-state index contributed by atoms with van der Waals surface area (Å²) in [5.41, 5.74) is 0.827. The van der Waals surface area contributed by atoms with Gasteiger partial charge >= 0.3 is 5.97 Å². The third-order valence-electron chi connectivity index (χ3n) is 3.22. The average Bonchev–Trinajstić information content (AvgIpc) is 2.97. The van der Waals surface area contributed by atoms with Crippen molar-refractivity contribution >= 4 is 34.1 Å². The Labute approximate surface area is 124 Å². The molecule has 0 aliphatic carbocycles. The van der Waals surface area contributed by atoms with Crippen LogP contribution >= 0.6 is 11.3 Å². The summed E-state index contributed by atoms with van der Waals surface area (Å²) in [7, 11) is 1.54. The van der Waals surface area contributed by atoms with Crippen LogP contribution in [-0.4, -0.2) is 32.3 Å². The maximum atomic E-state index is 12.3. The van der Waals surface area contributed by atoms with Gasteiger partial charge in [-0.25, -0.2) is 9.78 Å². The van der Waals surface area contributed by atoms with Crippen LogP contribution in [0, 0.1) is 13.8 Å². The van der Waals surface area contributed by atoms with Gasteiger partial charge in [-0.2, -0.15) is 0 Å². The number of aromatic nitrogens is 2. The molecule has 0 radical (unpaired) electrons. The number of ketones is 1. The van der Waals surface area contributed by atoms with E-state index in [1.54, 1.807) is 19.4 Å². The Bertz CT molecular complexity index is 731. The summed E-state index contributed by atoms with van der Waals surface area (Å²) in [4.78, 5) is 39.3. The van der Waals surface area contributed by atoms with Crippen LogP contribution in [0.4, 0.5) is 5.13 Å². The van der Waals surface area contributed by atoms with Crippen LogP contribution in [-0.2, 0) is 11.8 Å². The maximum Gasteiger partial charge on any atom is 0.352 e. The molecule has 7 nitrogen and oxygen atoms in total. The van der Waals surface area contributed by atoms with Crippen molar-refractivity contribution in [2.45, 2.75) is 13.8 Å². The lowest BCUT2D eigenvalue weighted by Gasteiger charge is -2.02. The molecule has 110 valence electrons. The largest absolute Gasteiger partial charge is 0.477 e. The summed E-state index contributed by atoms with van der Waals surface area (Å²) in [6, 6.07) is 0. The van der Waals surface area contributed by atoms with E-state index in [1.165, 1.54) is 29.0 Å². The van der Waals surface area contributed by atoms with Gasteiger partial charge in [-0.15, -0.1) is 11.3 Å². The minimum absolute atomic E-state index is 0.00195. The van der Waals surface area contributed by atoms with Crippen molar-refractivity contribution in [2.24, 2.45) is 7.05 Å².